The van der Waals surface area contributed by atoms with E-state index in [1.165, 1.54) is 181 Å². The molecule has 103 heavy (non-hydrogen) atoms. The average molecular weight is 1520 g/mol. The number of aliphatic hydroxyl groups is 1. The van der Waals surface area contributed by atoms with Crippen molar-refractivity contribution in [2.24, 2.45) is 0 Å². The predicted octanol–water partition coefficient (Wildman–Crippen LogP) is 20.5. The molecular formula is C93H79IrN7O2+2. The summed E-state index contributed by atoms with van der Waals surface area (Å²) in [6.07, 6.45) is 9.76. The van der Waals surface area contributed by atoms with E-state index in [1.807, 2.05) is 12.3 Å². The van der Waals surface area contributed by atoms with Gasteiger partial charge in [0.15, 0.2) is 22.5 Å². The predicted molar refractivity (Wildman–Crippen MR) is 417 cm³/mol. The van der Waals surface area contributed by atoms with Crippen LogP contribution in [-0.4, -0.2) is 29.4 Å². The number of fused-ring (bicyclic) bond motifs is 15. The van der Waals surface area contributed by atoms with Crippen LogP contribution in [0.2, 0.25) is 0 Å². The molecule has 0 spiro atoms. The van der Waals surface area contributed by atoms with Crippen molar-refractivity contribution in [2.45, 2.75) is 80.9 Å². The van der Waals surface area contributed by atoms with E-state index in [4.69, 9.17) is 5.11 Å². The van der Waals surface area contributed by atoms with Gasteiger partial charge in [0, 0.05) is 76.2 Å². The third-order valence-electron chi connectivity index (χ3n) is 20.8. The molecule has 9 nitrogen and oxygen atoms in total. The summed E-state index contributed by atoms with van der Waals surface area (Å²) < 4.78 is 14.4. The molecule has 0 fully saturated rings. The summed E-state index contributed by atoms with van der Waals surface area (Å²) in [7, 11) is 0. The van der Waals surface area contributed by atoms with Crippen LogP contribution in [0.3, 0.4) is 0 Å². The van der Waals surface area contributed by atoms with Crippen LogP contribution in [0.25, 0.3) is 127 Å². The molecular weight excluding hydrogens is 1440 g/mol. The molecule has 17 aromatic rings. The Hall–Kier alpha value is -11.7. The van der Waals surface area contributed by atoms with E-state index < -0.39 is 0 Å². The number of hydrogen-bond acceptors (Lipinski definition) is 3. The van der Waals surface area contributed by atoms with Gasteiger partial charge in [-0.15, -0.1) is 35.4 Å². The molecule has 21 rings (SSSR count). The second-order valence-electron chi connectivity index (χ2n) is 27.6. The second-order valence-corrected chi connectivity index (χ2v) is 27.6. The largest absolute Gasteiger partial charge is 0.512 e. The first kappa shape index (κ1) is 67.2. The number of nitrogens with zero attached hydrogens (tertiary/aromatic N) is 7. The average Bonchev–Trinajstić information content (AvgIpc) is 1.63. The minimum atomic E-state index is -0.125. The summed E-state index contributed by atoms with van der Waals surface area (Å²) in [4.78, 5) is 14.6. The van der Waals surface area contributed by atoms with Gasteiger partial charge in [0.1, 0.15) is 55.1 Å². The number of pyridine rings is 2. The summed E-state index contributed by atoms with van der Waals surface area (Å²) in [5.41, 5.74) is 26.0. The minimum absolute atomic E-state index is 0. The fourth-order valence-electron chi connectivity index (χ4n) is 16.4. The molecule has 505 valence electrons. The van der Waals surface area contributed by atoms with Gasteiger partial charge in [-0.25, -0.2) is 13.7 Å². The number of carbonyl (C=O) groups excluding carboxylic acids is 1. The molecule has 4 aliphatic rings. The SMILES string of the molecule is C.CC(=O)C=C(C)O.CC1(C)c2ccc[c-]c2-c2nccc3cccc1c23.Cc1ccc2c(c1)c1cccc3c1c1n2c(-c2c(C)cccc2C)c[n+]1C3.[Ir].c1ccc2c(c1)C[n+]1c-2n(-c2cccc3ccccc23)c2ccccc21.c1ccc2c(c1)C[n+]1ccn(-c3cccc4ccccc34)c1-2. The number of carbonyl (C=O) groups is 1. The summed E-state index contributed by atoms with van der Waals surface area (Å²) in [6, 6.07) is 94.9. The number of rotatable bonds is 4. The fourth-order valence-corrected chi connectivity index (χ4v) is 16.4. The maximum atomic E-state index is 10.0. The van der Waals surface area contributed by atoms with Gasteiger partial charge >= 0.3 is 0 Å². The van der Waals surface area contributed by atoms with Gasteiger partial charge in [-0.1, -0.05) is 209 Å². The number of aliphatic hydroxyl groups excluding tert-OH is 1. The Morgan fingerprint density at radius 1 is 0.553 bits per heavy atom. The van der Waals surface area contributed by atoms with Gasteiger partial charge in [0.25, 0.3) is 17.3 Å². The van der Waals surface area contributed by atoms with Crippen molar-refractivity contribution < 1.29 is 43.7 Å². The molecule has 0 unspecified atom stereocenters. The van der Waals surface area contributed by atoms with E-state index in [2.05, 4.69) is 340 Å². The van der Waals surface area contributed by atoms with Gasteiger partial charge in [-0.3, -0.25) is 4.79 Å². The van der Waals surface area contributed by atoms with Gasteiger partial charge in [0.2, 0.25) is 0 Å². The second kappa shape index (κ2) is 27.0. The topological polar surface area (TPSA) is 76.1 Å². The molecule has 0 amide bonds. The molecule has 0 atom stereocenters. The minimum Gasteiger partial charge on any atom is -0.512 e. The molecule has 10 heteroatoms. The van der Waals surface area contributed by atoms with Crippen LogP contribution in [0.4, 0.5) is 0 Å². The summed E-state index contributed by atoms with van der Waals surface area (Å²) in [5.74, 6) is 2.48. The standard InChI is InChI=1S/C25H21N2.C24H17N2.C20H15N2.C18H14N.C5H8O2.CH4.Ir/c1-15-10-11-21-20(12-15)19-9-5-8-18-13-26-14-22(27(21)25(26)24(18)19)23-16(2)6-4-7-17(23)3;1-3-11-19-17(8-1)10-7-15-21(19)26-23-14-6-5-13-22(23)25-16-18-9-2-4-12-20(18)24(25)26;1-3-9-17-15(6-1)8-5-11-19(17)22-13-12-21-14-16-7-2-4-10-18(16)20(21)22;1-18(2)14-8-4-3-7-13(14)17-16-12(10-11-19-17)6-5-9-15(16)18;1-4(6)3-5(2)7;;/h4-12,14H,13H2,1-3H3;1-15H,16H2;1-13H,14H2;3-6,8-11H,1-2H3;3,6H,1-2H3;1H4;/q3*+1;-1;;;. The number of hydrogen-bond donors (Lipinski definition) is 1. The number of ketones is 1. The van der Waals surface area contributed by atoms with Gasteiger partial charge in [-0.05, 0) is 139 Å². The summed E-state index contributed by atoms with van der Waals surface area (Å²) in [5, 5.41) is 20.1. The van der Waals surface area contributed by atoms with Crippen LogP contribution in [0, 0.1) is 26.8 Å². The molecule has 12 aromatic carbocycles. The molecule has 1 N–H and O–H groups in total. The van der Waals surface area contributed by atoms with Crippen molar-refractivity contribution in [3.05, 3.63) is 342 Å². The van der Waals surface area contributed by atoms with E-state index in [1.54, 1.807) is 0 Å². The van der Waals surface area contributed by atoms with E-state index in [0.717, 1.165) is 30.9 Å². The van der Waals surface area contributed by atoms with Crippen molar-refractivity contribution in [2.75, 3.05) is 0 Å². The zero-order valence-corrected chi connectivity index (χ0v) is 60.5. The third kappa shape index (κ3) is 11.4. The van der Waals surface area contributed by atoms with Crippen molar-refractivity contribution in [3.8, 4) is 56.7 Å². The van der Waals surface area contributed by atoms with Crippen molar-refractivity contribution >= 4 is 76.5 Å². The zero-order valence-electron chi connectivity index (χ0n) is 58.1. The van der Waals surface area contributed by atoms with Gasteiger partial charge < -0.3 is 10.1 Å². The first-order valence-electron chi connectivity index (χ1n) is 34.8. The van der Waals surface area contributed by atoms with Crippen LogP contribution in [0.1, 0.15) is 79.6 Å². The van der Waals surface area contributed by atoms with Gasteiger partial charge in [0.05, 0.1) is 22.3 Å². The fraction of sp³-hybridized carbons (Fsp3) is 0.129. The summed E-state index contributed by atoms with van der Waals surface area (Å²) in [6.45, 7) is 16.9. The van der Waals surface area contributed by atoms with Gasteiger partial charge in [-0.2, -0.15) is 13.5 Å². The van der Waals surface area contributed by atoms with Crippen molar-refractivity contribution in [1.29, 1.82) is 0 Å². The van der Waals surface area contributed by atoms with Crippen LogP contribution >= 0.6 is 0 Å². The molecule has 1 radical (unpaired) electrons. The van der Waals surface area contributed by atoms with Crippen LogP contribution in [-0.2, 0) is 49.9 Å². The van der Waals surface area contributed by atoms with Crippen molar-refractivity contribution in [1.82, 2.24) is 18.5 Å². The quantitative estimate of drug-likeness (QED) is 0.0627. The van der Waals surface area contributed by atoms with Crippen molar-refractivity contribution in [3.63, 3.8) is 0 Å². The smallest absolute Gasteiger partial charge is 0.295 e. The normalized spacial score (nSPS) is 12.7. The van der Waals surface area contributed by atoms with Crippen LogP contribution in [0.5, 0.6) is 0 Å². The Kier molecular flexibility index (Phi) is 17.6. The molecule has 0 saturated carbocycles. The Morgan fingerprint density at radius 2 is 1.15 bits per heavy atom. The zero-order chi connectivity index (χ0) is 68.8. The molecule has 0 saturated heterocycles. The van der Waals surface area contributed by atoms with E-state index in [9.17, 15) is 4.79 Å². The first-order valence-corrected chi connectivity index (χ1v) is 34.8. The number of aromatic nitrogens is 7. The molecule has 3 aliphatic heterocycles. The Morgan fingerprint density at radius 3 is 1.88 bits per heavy atom. The van der Waals surface area contributed by atoms with E-state index in [0.29, 0.717) is 0 Å². The molecule has 5 aromatic heterocycles. The monoisotopic (exact) mass is 1520 g/mol. The van der Waals surface area contributed by atoms with E-state index in [-0.39, 0.29) is 44.5 Å². The Balaban J connectivity index is 0.000000107. The number of imidazole rings is 3. The van der Waals surface area contributed by atoms with Crippen LogP contribution in [0.15, 0.2) is 291 Å². The molecule has 8 heterocycles. The number of allylic oxidation sites excluding steroid dienone is 2. The molecule has 0 bridgehead atoms. The number of benzene rings is 12. The number of para-hydroxylation sites is 2. The molecule has 1 aliphatic carbocycles. The maximum Gasteiger partial charge on any atom is 0.295 e. The summed E-state index contributed by atoms with van der Waals surface area (Å²) >= 11 is 0. The number of aryl methyl sites for hydroxylation is 3. The Labute approximate surface area is 614 Å². The Bertz CT molecular complexity index is 6240. The van der Waals surface area contributed by atoms with E-state index >= 15 is 0 Å². The van der Waals surface area contributed by atoms with Crippen LogP contribution < -0.4 is 13.7 Å². The third-order valence-corrected chi connectivity index (χ3v) is 20.8. The first-order chi connectivity index (χ1) is 49.3. The maximum absolute atomic E-state index is 10.0.